The summed E-state index contributed by atoms with van der Waals surface area (Å²) < 4.78 is 4.96. The number of phenols is 1. The van der Waals surface area contributed by atoms with Crippen LogP contribution in [-0.4, -0.2) is 47.3 Å². The van der Waals surface area contributed by atoms with Gasteiger partial charge in [-0.1, -0.05) is 0 Å². The average Bonchev–Trinajstić information content (AvgIpc) is 2.46. The molecule has 1 aliphatic heterocycles. The third-order valence-electron chi connectivity index (χ3n) is 3.93. The largest absolute Gasteiger partial charge is 0.504 e. The standard InChI is InChI=1S/C15H21NO4/c1-10(17)11-5-7-16(8-6-11)15(19)12-3-4-14(20-2)13(18)9-12/h3-4,9-11,17-18H,5-8H2,1-2H3. The molecule has 1 aromatic rings. The van der Waals surface area contributed by atoms with Gasteiger partial charge in [0.1, 0.15) is 0 Å². The summed E-state index contributed by atoms with van der Waals surface area (Å²) in [6.07, 6.45) is 1.30. The van der Waals surface area contributed by atoms with E-state index in [1.54, 1.807) is 24.0 Å². The molecule has 1 amide bonds. The fourth-order valence-electron chi connectivity index (χ4n) is 2.59. The first-order valence-corrected chi connectivity index (χ1v) is 6.87. The topological polar surface area (TPSA) is 70.0 Å². The second-order valence-electron chi connectivity index (χ2n) is 5.26. The Balaban J connectivity index is 2.04. The Kier molecular flexibility index (Phi) is 4.49. The van der Waals surface area contributed by atoms with E-state index in [9.17, 15) is 15.0 Å². The summed E-state index contributed by atoms with van der Waals surface area (Å²) >= 11 is 0. The van der Waals surface area contributed by atoms with Crippen molar-refractivity contribution in [3.63, 3.8) is 0 Å². The van der Waals surface area contributed by atoms with Crippen molar-refractivity contribution >= 4 is 5.91 Å². The summed E-state index contributed by atoms with van der Waals surface area (Å²) in [5, 5.41) is 19.3. The summed E-state index contributed by atoms with van der Waals surface area (Å²) in [6.45, 7) is 3.08. The number of rotatable bonds is 3. The van der Waals surface area contributed by atoms with Crippen LogP contribution in [0.2, 0.25) is 0 Å². The SMILES string of the molecule is COc1ccc(C(=O)N2CCC(C(C)O)CC2)cc1O. The summed E-state index contributed by atoms with van der Waals surface area (Å²) in [7, 11) is 1.47. The number of phenolic OH excluding ortho intramolecular Hbond substituents is 1. The number of nitrogens with zero attached hydrogens (tertiary/aromatic N) is 1. The van der Waals surface area contributed by atoms with Crippen molar-refractivity contribution in [2.24, 2.45) is 5.92 Å². The Morgan fingerprint density at radius 3 is 2.55 bits per heavy atom. The van der Waals surface area contributed by atoms with Crippen molar-refractivity contribution in [2.45, 2.75) is 25.9 Å². The van der Waals surface area contributed by atoms with Crippen LogP contribution >= 0.6 is 0 Å². The van der Waals surface area contributed by atoms with E-state index in [1.165, 1.54) is 13.2 Å². The van der Waals surface area contributed by atoms with Crippen LogP contribution in [0, 0.1) is 5.92 Å². The van der Waals surface area contributed by atoms with E-state index < -0.39 is 0 Å². The lowest BCUT2D eigenvalue weighted by Crippen LogP contribution is -2.40. The molecule has 0 aromatic heterocycles. The zero-order valence-corrected chi connectivity index (χ0v) is 11.9. The highest BCUT2D eigenvalue weighted by Gasteiger charge is 2.26. The van der Waals surface area contributed by atoms with Gasteiger partial charge >= 0.3 is 0 Å². The van der Waals surface area contributed by atoms with Crippen LogP contribution in [0.4, 0.5) is 0 Å². The van der Waals surface area contributed by atoms with Crippen LogP contribution in [0.5, 0.6) is 11.5 Å². The molecule has 1 unspecified atom stereocenters. The van der Waals surface area contributed by atoms with Gasteiger partial charge in [-0.15, -0.1) is 0 Å². The molecule has 0 aliphatic carbocycles. The maximum Gasteiger partial charge on any atom is 0.253 e. The highest BCUT2D eigenvalue weighted by atomic mass is 16.5. The molecule has 0 radical (unpaired) electrons. The second-order valence-corrected chi connectivity index (χ2v) is 5.26. The molecule has 5 nitrogen and oxygen atoms in total. The molecule has 1 aromatic carbocycles. The van der Waals surface area contributed by atoms with E-state index in [1.807, 2.05) is 0 Å². The molecule has 20 heavy (non-hydrogen) atoms. The predicted molar refractivity (Wildman–Crippen MR) is 75.0 cm³/mol. The number of hydrogen-bond acceptors (Lipinski definition) is 4. The highest BCUT2D eigenvalue weighted by Crippen LogP contribution is 2.28. The highest BCUT2D eigenvalue weighted by molar-refractivity contribution is 5.95. The number of aromatic hydroxyl groups is 1. The van der Waals surface area contributed by atoms with E-state index in [-0.39, 0.29) is 23.7 Å². The van der Waals surface area contributed by atoms with Gasteiger partial charge in [0.15, 0.2) is 11.5 Å². The van der Waals surface area contributed by atoms with Crippen LogP contribution < -0.4 is 4.74 Å². The van der Waals surface area contributed by atoms with E-state index in [2.05, 4.69) is 0 Å². The van der Waals surface area contributed by atoms with Gasteiger partial charge in [0, 0.05) is 18.7 Å². The summed E-state index contributed by atoms with van der Waals surface area (Å²) in [5.74, 6) is 0.502. The molecule has 1 fully saturated rings. The minimum Gasteiger partial charge on any atom is -0.504 e. The molecule has 0 saturated carbocycles. The molecule has 1 saturated heterocycles. The monoisotopic (exact) mass is 279 g/mol. The zero-order chi connectivity index (χ0) is 14.7. The molecule has 0 spiro atoms. The predicted octanol–water partition coefficient (Wildman–Crippen LogP) is 1.63. The lowest BCUT2D eigenvalue weighted by molar-refractivity contribution is 0.0521. The maximum atomic E-state index is 12.3. The minimum atomic E-state index is -0.322. The quantitative estimate of drug-likeness (QED) is 0.882. The number of carbonyl (C=O) groups is 1. The molecule has 5 heteroatoms. The van der Waals surface area contributed by atoms with Crippen molar-refractivity contribution in [2.75, 3.05) is 20.2 Å². The van der Waals surface area contributed by atoms with Crippen molar-refractivity contribution in [3.8, 4) is 11.5 Å². The fourth-order valence-corrected chi connectivity index (χ4v) is 2.59. The number of aliphatic hydroxyl groups is 1. The van der Waals surface area contributed by atoms with Gasteiger partial charge in [0.05, 0.1) is 13.2 Å². The van der Waals surface area contributed by atoms with Gasteiger partial charge in [0.2, 0.25) is 0 Å². The van der Waals surface area contributed by atoms with Crippen molar-refractivity contribution < 1.29 is 19.7 Å². The fraction of sp³-hybridized carbons (Fsp3) is 0.533. The lowest BCUT2D eigenvalue weighted by Gasteiger charge is -2.33. The first kappa shape index (κ1) is 14.7. The van der Waals surface area contributed by atoms with Gasteiger partial charge in [-0.2, -0.15) is 0 Å². The van der Waals surface area contributed by atoms with E-state index in [4.69, 9.17) is 4.74 Å². The number of hydrogen-bond donors (Lipinski definition) is 2. The number of benzene rings is 1. The molecule has 1 aliphatic rings. The van der Waals surface area contributed by atoms with Gasteiger partial charge in [0.25, 0.3) is 5.91 Å². The van der Waals surface area contributed by atoms with Crippen LogP contribution in [-0.2, 0) is 0 Å². The Labute approximate surface area is 118 Å². The Bertz CT molecular complexity index is 479. The lowest BCUT2D eigenvalue weighted by atomic mass is 9.92. The normalized spacial score (nSPS) is 17.9. The smallest absolute Gasteiger partial charge is 0.253 e. The third-order valence-corrected chi connectivity index (χ3v) is 3.93. The maximum absolute atomic E-state index is 12.3. The zero-order valence-electron chi connectivity index (χ0n) is 11.9. The molecule has 2 rings (SSSR count). The van der Waals surface area contributed by atoms with Crippen molar-refractivity contribution in [1.82, 2.24) is 4.90 Å². The van der Waals surface area contributed by atoms with Gasteiger partial charge in [-0.25, -0.2) is 0 Å². The van der Waals surface area contributed by atoms with Gasteiger partial charge in [-0.3, -0.25) is 4.79 Å². The van der Waals surface area contributed by atoms with Crippen LogP contribution in [0.3, 0.4) is 0 Å². The Hall–Kier alpha value is -1.75. The van der Waals surface area contributed by atoms with E-state index in [0.717, 1.165) is 12.8 Å². The first-order valence-electron chi connectivity index (χ1n) is 6.87. The number of methoxy groups -OCH3 is 1. The van der Waals surface area contributed by atoms with Crippen molar-refractivity contribution in [1.29, 1.82) is 0 Å². The minimum absolute atomic E-state index is 0.0304. The number of ether oxygens (including phenoxy) is 1. The molecule has 2 N–H and O–H groups in total. The summed E-state index contributed by atoms with van der Waals surface area (Å²) in [6, 6.07) is 4.68. The van der Waals surface area contributed by atoms with Crippen molar-refractivity contribution in [3.05, 3.63) is 23.8 Å². The number of aliphatic hydroxyl groups excluding tert-OH is 1. The molecular weight excluding hydrogens is 258 g/mol. The van der Waals surface area contributed by atoms with Gasteiger partial charge < -0.3 is 19.8 Å². The molecular formula is C15H21NO4. The molecule has 110 valence electrons. The molecule has 1 atom stereocenters. The summed E-state index contributed by atoms with van der Waals surface area (Å²) in [5.41, 5.74) is 0.457. The second kappa shape index (κ2) is 6.13. The molecule has 0 bridgehead atoms. The average molecular weight is 279 g/mol. The van der Waals surface area contributed by atoms with Crippen LogP contribution in [0.25, 0.3) is 0 Å². The molecule has 1 heterocycles. The Morgan fingerprint density at radius 2 is 2.05 bits per heavy atom. The number of piperidine rings is 1. The van der Waals surface area contributed by atoms with Gasteiger partial charge in [-0.05, 0) is 43.9 Å². The Morgan fingerprint density at radius 1 is 1.40 bits per heavy atom. The number of likely N-dealkylation sites (tertiary alicyclic amines) is 1. The third kappa shape index (κ3) is 3.04. The van der Waals surface area contributed by atoms with E-state index in [0.29, 0.717) is 24.4 Å². The van der Waals surface area contributed by atoms with Crippen LogP contribution in [0.1, 0.15) is 30.1 Å². The van der Waals surface area contributed by atoms with E-state index >= 15 is 0 Å². The van der Waals surface area contributed by atoms with Crippen LogP contribution in [0.15, 0.2) is 18.2 Å². The number of amides is 1. The first-order chi connectivity index (χ1) is 9.52. The summed E-state index contributed by atoms with van der Waals surface area (Å²) in [4.78, 5) is 14.1. The number of carbonyl (C=O) groups excluding carboxylic acids is 1.